The smallest absolute Gasteiger partial charge is 0.220 e. The lowest BCUT2D eigenvalue weighted by atomic mass is 9.55. The van der Waals surface area contributed by atoms with Gasteiger partial charge in [0.25, 0.3) is 0 Å². The van der Waals surface area contributed by atoms with E-state index in [0.29, 0.717) is 30.4 Å². The Bertz CT molecular complexity index is 414. The van der Waals surface area contributed by atoms with Crippen LogP contribution in [0.4, 0.5) is 0 Å². The number of nitrogens with one attached hydrogen (secondary N) is 2. The van der Waals surface area contributed by atoms with Crippen LogP contribution in [0.5, 0.6) is 0 Å². The molecule has 0 bridgehead atoms. The Morgan fingerprint density at radius 2 is 2.08 bits per heavy atom. The summed E-state index contributed by atoms with van der Waals surface area (Å²) >= 11 is 0. The van der Waals surface area contributed by atoms with Crippen molar-refractivity contribution >= 4 is 5.91 Å². The van der Waals surface area contributed by atoms with Crippen LogP contribution in [0.2, 0.25) is 0 Å². The highest BCUT2D eigenvalue weighted by atomic mass is 16.5. The molecule has 4 atom stereocenters. The molecule has 0 aromatic rings. The predicted octanol–water partition coefficient (Wildman–Crippen LogP) is 3.26. The summed E-state index contributed by atoms with van der Waals surface area (Å²) < 4.78 is 6.00. The summed E-state index contributed by atoms with van der Waals surface area (Å²) in [6.07, 6.45) is 11.0. The molecule has 4 nitrogen and oxygen atoms in total. The first-order valence-corrected chi connectivity index (χ1v) is 10.3. The summed E-state index contributed by atoms with van der Waals surface area (Å²) in [5.74, 6) is 1.39. The van der Waals surface area contributed by atoms with Gasteiger partial charge in [0.1, 0.15) is 0 Å². The van der Waals surface area contributed by atoms with Crippen LogP contribution in [-0.4, -0.2) is 37.7 Å². The third-order valence-corrected chi connectivity index (χ3v) is 6.92. The zero-order valence-electron chi connectivity index (χ0n) is 15.6. The van der Waals surface area contributed by atoms with Crippen LogP contribution in [0.25, 0.3) is 0 Å². The fourth-order valence-corrected chi connectivity index (χ4v) is 5.34. The monoisotopic (exact) mass is 336 g/mol. The molecule has 3 fully saturated rings. The molecule has 0 aromatic carbocycles. The number of piperidine rings is 1. The largest absolute Gasteiger partial charge is 0.378 e. The topological polar surface area (TPSA) is 50.4 Å². The van der Waals surface area contributed by atoms with Crippen molar-refractivity contribution in [2.75, 3.05) is 19.7 Å². The average molecular weight is 337 g/mol. The van der Waals surface area contributed by atoms with Crippen molar-refractivity contribution in [3.8, 4) is 0 Å². The summed E-state index contributed by atoms with van der Waals surface area (Å²) in [6.45, 7) is 7.34. The van der Waals surface area contributed by atoms with Crippen LogP contribution < -0.4 is 10.6 Å². The van der Waals surface area contributed by atoms with E-state index in [1.54, 1.807) is 0 Å². The van der Waals surface area contributed by atoms with Crippen LogP contribution in [0.1, 0.15) is 71.6 Å². The second kappa shape index (κ2) is 8.18. The molecule has 24 heavy (non-hydrogen) atoms. The Balaban J connectivity index is 1.51. The molecule has 1 spiro atoms. The van der Waals surface area contributed by atoms with Gasteiger partial charge in [-0.1, -0.05) is 26.2 Å². The van der Waals surface area contributed by atoms with Gasteiger partial charge in [0.2, 0.25) is 5.91 Å². The predicted molar refractivity (Wildman–Crippen MR) is 96.9 cm³/mol. The molecule has 138 valence electrons. The molecular weight excluding hydrogens is 300 g/mol. The highest BCUT2D eigenvalue weighted by Gasteiger charge is 2.56. The second-order valence-electron chi connectivity index (χ2n) is 8.38. The van der Waals surface area contributed by atoms with Gasteiger partial charge in [0, 0.05) is 24.5 Å². The van der Waals surface area contributed by atoms with Crippen molar-refractivity contribution in [3.63, 3.8) is 0 Å². The van der Waals surface area contributed by atoms with Gasteiger partial charge in [-0.15, -0.1) is 0 Å². The minimum absolute atomic E-state index is 0.236. The van der Waals surface area contributed by atoms with E-state index in [-0.39, 0.29) is 11.3 Å². The first-order valence-electron chi connectivity index (χ1n) is 10.3. The molecule has 2 N–H and O–H groups in total. The Labute approximate surface area is 147 Å². The third-order valence-electron chi connectivity index (χ3n) is 6.92. The van der Waals surface area contributed by atoms with Gasteiger partial charge in [0.05, 0.1) is 6.10 Å². The lowest BCUT2D eigenvalue weighted by Gasteiger charge is -2.57. The normalized spacial score (nSPS) is 33.7. The van der Waals surface area contributed by atoms with Crippen molar-refractivity contribution in [2.45, 2.75) is 83.8 Å². The minimum atomic E-state index is 0.236. The van der Waals surface area contributed by atoms with Crippen LogP contribution in [0.3, 0.4) is 0 Å². The van der Waals surface area contributed by atoms with Crippen LogP contribution >= 0.6 is 0 Å². The lowest BCUT2D eigenvalue weighted by Crippen LogP contribution is -2.65. The number of ether oxygens (including phenoxy) is 1. The van der Waals surface area contributed by atoms with Crippen molar-refractivity contribution in [2.24, 2.45) is 17.3 Å². The van der Waals surface area contributed by atoms with Gasteiger partial charge < -0.3 is 15.4 Å². The van der Waals surface area contributed by atoms with Gasteiger partial charge in [-0.25, -0.2) is 0 Å². The maximum Gasteiger partial charge on any atom is 0.220 e. The first kappa shape index (κ1) is 18.2. The quantitative estimate of drug-likeness (QED) is 0.783. The molecule has 1 amide bonds. The number of rotatable bonds is 6. The maximum atomic E-state index is 12.6. The van der Waals surface area contributed by atoms with Gasteiger partial charge in [-0.2, -0.15) is 0 Å². The van der Waals surface area contributed by atoms with E-state index in [4.69, 9.17) is 4.74 Å². The maximum absolute atomic E-state index is 12.6. The molecule has 4 heteroatoms. The number of hydrogen-bond acceptors (Lipinski definition) is 3. The Kier molecular flexibility index (Phi) is 6.20. The number of amides is 1. The van der Waals surface area contributed by atoms with Gasteiger partial charge in [-0.3, -0.25) is 4.79 Å². The minimum Gasteiger partial charge on any atom is -0.378 e. The van der Waals surface area contributed by atoms with E-state index in [0.717, 1.165) is 26.1 Å². The lowest BCUT2D eigenvalue weighted by molar-refractivity contribution is -0.157. The molecular formula is C20H36N2O2. The van der Waals surface area contributed by atoms with E-state index < -0.39 is 0 Å². The molecule has 0 aromatic heterocycles. The van der Waals surface area contributed by atoms with Crippen LogP contribution in [0, 0.1) is 17.3 Å². The third kappa shape index (κ3) is 3.80. The molecule has 1 aliphatic heterocycles. The fourth-order valence-electron chi connectivity index (χ4n) is 5.34. The number of carbonyl (C=O) groups is 1. The van der Waals surface area contributed by atoms with Crippen LogP contribution in [0.15, 0.2) is 0 Å². The fraction of sp³-hybridized carbons (Fsp3) is 0.950. The van der Waals surface area contributed by atoms with E-state index in [1.165, 1.54) is 44.9 Å². The first-order chi connectivity index (χ1) is 11.7. The van der Waals surface area contributed by atoms with E-state index in [2.05, 4.69) is 24.5 Å². The second-order valence-corrected chi connectivity index (χ2v) is 8.38. The van der Waals surface area contributed by atoms with Crippen molar-refractivity contribution in [3.05, 3.63) is 0 Å². The molecule has 4 unspecified atom stereocenters. The Morgan fingerprint density at radius 1 is 1.29 bits per heavy atom. The molecule has 3 aliphatic rings. The Hall–Kier alpha value is -0.610. The number of hydrogen-bond donors (Lipinski definition) is 2. The summed E-state index contributed by atoms with van der Waals surface area (Å²) in [4.78, 5) is 12.6. The van der Waals surface area contributed by atoms with Crippen LogP contribution in [-0.2, 0) is 9.53 Å². The van der Waals surface area contributed by atoms with Crippen molar-refractivity contribution in [1.29, 1.82) is 0 Å². The number of carbonyl (C=O) groups excluding carboxylic acids is 1. The molecule has 0 radical (unpaired) electrons. The molecule has 1 heterocycles. The SMILES string of the molecule is CCOC1CC(NC(=O)CC(C)C2CCCNC2)C12CCCCC2. The molecule has 3 rings (SSSR count). The molecule has 2 aliphatic carbocycles. The van der Waals surface area contributed by atoms with Crippen molar-refractivity contribution in [1.82, 2.24) is 10.6 Å². The van der Waals surface area contributed by atoms with E-state index in [1.807, 2.05) is 0 Å². The summed E-state index contributed by atoms with van der Waals surface area (Å²) in [7, 11) is 0. The van der Waals surface area contributed by atoms with E-state index >= 15 is 0 Å². The average Bonchev–Trinajstić information content (AvgIpc) is 2.62. The molecule has 1 saturated heterocycles. The highest BCUT2D eigenvalue weighted by Crippen LogP contribution is 2.53. The summed E-state index contributed by atoms with van der Waals surface area (Å²) in [5.41, 5.74) is 0.236. The zero-order chi connectivity index (χ0) is 17.0. The Morgan fingerprint density at radius 3 is 2.75 bits per heavy atom. The summed E-state index contributed by atoms with van der Waals surface area (Å²) in [6, 6.07) is 0.346. The molecule has 2 saturated carbocycles. The van der Waals surface area contributed by atoms with Crippen molar-refractivity contribution < 1.29 is 9.53 Å². The van der Waals surface area contributed by atoms with Gasteiger partial charge in [-0.05, 0) is 64.0 Å². The summed E-state index contributed by atoms with van der Waals surface area (Å²) in [5, 5.41) is 6.87. The van der Waals surface area contributed by atoms with Gasteiger partial charge in [0.15, 0.2) is 0 Å². The van der Waals surface area contributed by atoms with Gasteiger partial charge >= 0.3 is 0 Å². The van der Waals surface area contributed by atoms with E-state index in [9.17, 15) is 4.79 Å². The highest BCUT2D eigenvalue weighted by molar-refractivity contribution is 5.76. The standard InChI is InChI=1S/C20H36N2O2/c1-3-24-18-13-17(20(18)9-5-4-6-10-20)22-19(23)12-15(2)16-8-7-11-21-14-16/h15-18,21H,3-14H2,1-2H3,(H,22,23). The zero-order valence-corrected chi connectivity index (χ0v) is 15.6.